The van der Waals surface area contributed by atoms with Crippen LogP contribution >= 0.6 is 31.9 Å². The van der Waals surface area contributed by atoms with Crippen molar-refractivity contribution in [1.29, 1.82) is 0 Å². The van der Waals surface area contributed by atoms with Gasteiger partial charge in [0.1, 0.15) is 16.4 Å². The summed E-state index contributed by atoms with van der Waals surface area (Å²) in [7, 11) is -2.38. The molecule has 37 heavy (non-hydrogen) atoms. The molecule has 0 aromatic heterocycles. The van der Waals surface area contributed by atoms with Gasteiger partial charge in [-0.3, -0.25) is 0 Å². The number of carbonyl (C=O) groups is 1. The normalized spacial score (nSPS) is 15.4. The van der Waals surface area contributed by atoms with Gasteiger partial charge in [-0.2, -0.15) is 0 Å². The number of benzene rings is 2. The number of hydrogen-bond acceptors (Lipinski definition) is 8. The zero-order valence-corrected chi connectivity index (χ0v) is 24.8. The quantitative estimate of drug-likeness (QED) is 0.181. The molecule has 1 aliphatic carbocycles. The Morgan fingerprint density at radius 1 is 1.16 bits per heavy atom. The predicted octanol–water partition coefficient (Wildman–Crippen LogP) is 5.93. The molecule has 0 radical (unpaired) electrons. The Morgan fingerprint density at radius 2 is 1.84 bits per heavy atom. The SMILES string of the molecule is CCOC(=O)C(C)O/N=C/c1cc(Br)c(Oc2ccc(OC)c(S(=O)(=O)NC3CCCCC3)c2)c(Br)c1. The number of ether oxygens (including phenoxy) is 3. The van der Waals surface area contributed by atoms with Gasteiger partial charge in [0.25, 0.3) is 0 Å². The molecule has 0 spiro atoms. The van der Waals surface area contributed by atoms with Crippen LogP contribution in [0.25, 0.3) is 0 Å². The van der Waals surface area contributed by atoms with Crippen molar-refractivity contribution < 1.29 is 32.3 Å². The molecule has 0 heterocycles. The lowest BCUT2D eigenvalue weighted by Gasteiger charge is -2.23. The molecular weight excluding hydrogens is 632 g/mol. The molecule has 0 bridgehead atoms. The lowest BCUT2D eigenvalue weighted by atomic mass is 9.96. The molecule has 1 N–H and O–H groups in total. The molecule has 1 saturated carbocycles. The van der Waals surface area contributed by atoms with E-state index >= 15 is 0 Å². The number of nitrogens with zero attached hydrogens (tertiary/aromatic N) is 1. The van der Waals surface area contributed by atoms with Crippen LogP contribution in [0.15, 0.2) is 49.3 Å². The second-order valence-corrected chi connectivity index (χ2v) is 11.8. The van der Waals surface area contributed by atoms with Gasteiger partial charge < -0.3 is 19.0 Å². The van der Waals surface area contributed by atoms with E-state index in [1.165, 1.54) is 19.4 Å². The summed E-state index contributed by atoms with van der Waals surface area (Å²) in [6.45, 7) is 3.52. The molecule has 3 rings (SSSR count). The van der Waals surface area contributed by atoms with Crippen LogP contribution < -0.4 is 14.2 Å². The third-order valence-electron chi connectivity index (χ3n) is 5.63. The molecule has 12 heteroatoms. The highest BCUT2D eigenvalue weighted by Crippen LogP contribution is 2.39. The average molecular weight is 662 g/mol. The van der Waals surface area contributed by atoms with E-state index in [2.05, 4.69) is 41.7 Å². The van der Waals surface area contributed by atoms with Gasteiger partial charge in [0, 0.05) is 12.1 Å². The fraction of sp³-hybridized carbons (Fsp3) is 0.440. The van der Waals surface area contributed by atoms with Crippen LogP contribution in [0.2, 0.25) is 0 Å². The lowest BCUT2D eigenvalue weighted by Crippen LogP contribution is -2.36. The van der Waals surface area contributed by atoms with Gasteiger partial charge in [-0.05, 0) is 88.4 Å². The van der Waals surface area contributed by atoms with E-state index < -0.39 is 22.1 Å². The highest BCUT2D eigenvalue weighted by atomic mass is 79.9. The van der Waals surface area contributed by atoms with Crippen molar-refractivity contribution in [3.05, 3.63) is 44.8 Å². The molecule has 202 valence electrons. The zero-order chi connectivity index (χ0) is 27.0. The molecule has 1 atom stereocenters. The fourth-order valence-electron chi connectivity index (χ4n) is 3.79. The molecule has 2 aromatic carbocycles. The first-order valence-corrected chi connectivity index (χ1v) is 14.9. The highest BCUT2D eigenvalue weighted by Gasteiger charge is 2.26. The summed E-state index contributed by atoms with van der Waals surface area (Å²) >= 11 is 6.97. The first-order valence-electron chi connectivity index (χ1n) is 11.9. The Morgan fingerprint density at radius 3 is 2.46 bits per heavy atom. The Hall–Kier alpha value is -2.15. The molecule has 0 amide bonds. The predicted molar refractivity (Wildman–Crippen MR) is 147 cm³/mol. The summed E-state index contributed by atoms with van der Waals surface area (Å²) in [6.07, 6.45) is 5.39. The van der Waals surface area contributed by atoms with Crippen LogP contribution in [0.1, 0.15) is 51.5 Å². The van der Waals surface area contributed by atoms with E-state index in [9.17, 15) is 13.2 Å². The summed E-state index contributed by atoms with van der Waals surface area (Å²) in [4.78, 5) is 16.8. The van der Waals surface area contributed by atoms with Crippen molar-refractivity contribution in [3.63, 3.8) is 0 Å². The smallest absolute Gasteiger partial charge is 0.349 e. The summed E-state index contributed by atoms with van der Waals surface area (Å²) < 4.78 is 46.6. The Labute approximate surface area is 234 Å². The Kier molecular flexibility index (Phi) is 10.8. The third kappa shape index (κ3) is 8.17. The van der Waals surface area contributed by atoms with E-state index in [4.69, 9.17) is 19.0 Å². The van der Waals surface area contributed by atoms with Gasteiger partial charge in [-0.15, -0.1) is 0 Å². The minimum atomic E-state index is -3.81. The van der Waals surface area contributed by atoms with Gasteiger partial charge in [-0.25, -0.2) is 17.9 Å². The molecule has 0 aliphatic heterocycles. The van der Waals surface area contributed by atoms with Crippen molar-refractivity contribution in [1.82, 2.24) is 4.72 Å². The van der Waals surface area contributed by atoms with Crippen LogP contribution in [0.4, 0.5) is 0 Å². The van der Waals surface area contributed by atoms with Gasteiger partial charge >= 0.3 is 5.97 Å². The van der Waals surface area contributed by atoms with Crippen molar-refractivity contribution in [2.45, 2.75) is 63.0 Å². The number of sulfonamides is 1. The van der Waals surface area contributed by atoms with Crippen LogP contribution in [-0.2, 0) is 24.4 Å². The number of oxime groups is 1. The van der Waals surface area contributed by atoms with Crippen LogP contribution in [0.5, 0.6) is 17.2 Å². The van der Waals surface area contributed by atoms with Crippen LogP contribution in [-0.4, -0.2) is 46.5 Å². The van der Waals surface area contributed by atoms with Gasteiger partial charge in [0.05, 0.1) is 28.9 Å². The zero-order valence-electron chi connectivity index (χ0n) is 20.8. The first-order chi connectivity index (χ1) is 17.6. The number of esters is 1. The Balaban J connectivity index is 1.78. The van der Waals surface area contributed by atoms with Gasteiger partial charge in [0.15, 0.2) is 5.75 Å². The van der Waals surface area contributed by atoms with E-state index in [-0.39, 0.29) is 23.3 Å². The number of nitrogens with one attached hydrogen (secondary N) is 1. The second kappa shape index (κ2) is 13.6. The van der Waals surface area contributed by atoms with Crippen molar-refractivity contribution in [2.24, 2.45) is 5.16 Å². The summed E-state index contributed by atoms with van der Waals surface area (Å²) in [5, 5.41) is 3.85. The summed E-state index contributed by atoms with van der Waals surface area (Å²) in [6, 6.07) is 8.05. The average Bonchev–Trinajstić information content (AvgIpc) is 2.86. The molecule has 9 nitrogen and oxygen atoms in total. The standard InChI is InChI=1S/C25H30Br2N2O7S/c1-4-34-25(30)16(2)36-28-15-17-12-20(26)24(21(27)13-17)35-19-10-11-22(33-3)23(14-19)37(31,32)29-18-8-6-5-7-9-18/h10-16,18,29H,4-9H2,1-3H3/b28-15+. The van der Waals surface area contributed by atoms with Crippen molar-refractivity contribution >= 4 is 54.1 Å². The monoisotopic (exact) mass is 660 g/mol. The lowest BCUT2D eigenvalue weighted by molar-refractivity contribution is -0.155. The van der Waals surface area contributed by atoms with E-state index in [1.807, 2.05) is 0 Å². The fourth-order valence-corrected chi connectivity index (χ4v) is 6.66. The van der Waals surface area contributed by atoms with Crippen LogP contribution in [0, 0.1) is 0 Å². The topological polar surface area (TPSA) is 113 Å². The minimum absolute atomic E-state index is 0.0157. The second-order valence-electron chi connectivity index (χ2n) is 8.42. The number of halogens is 2. The number of rotatable bonds is 11. The van der Waals surface area contributed by atoms with Crippen molar-refractivity contribution in [2.75, 3.05) is 13.7 Å². The molecule has 0 saturated heterocycles. The number of methoxy groups -OCH3 is 1. The molecular formula is C25H30Br2N2O7S. The minimum Gasteiger partial charge on any atom is -0.495 e. The van der Waals surface area contributed by atoms with E-state index in [0.717, 1.165) is 32.1 Å². The van der Waals surface area contributed by atoms with Gasteiger partial charge in [-0.1, -0.05) is 24.4 Å². The maximum absolute atomic E-state index is 13.2. The molecule has 1 unspecified atom stereocenters. The number of hydrogen-bond donors (Lipinski definition) is 1. The van der Waals surface area contributed by atoms with E-state index in [0.29, 0.717) is 26.0 Å². The maximum atomic E-state index is 13.2. The maximum Gasteiger partial charge on any atom is 0.349 e. The molecule has 2 aromatic rings. The summed E-state index contributed by atoms with van der Waals surface area (Å²) in [5.74, 6) is 0.490. The van der Waals surface area contributed by atoms with Crippen molar-refractivity contribution in [3.8, 4) is 17.2 Å². The first kappa shape index (κ1) is 29.4. The number of carbonyl (C=O) groups excluding carboxylic acids is 1. The highest BCUT2D eigenvalue weighted by molar-refractivity contribution is 9.11. The Bertz CT molecular complexity index is 1210. The van der Waals surface area contributed by atoms with Crippen LogP contribution in [0.3, 0.4) is 0 Å². The largest absolute Gasteiger partial charge is 0.495 e. The molecule has 1 aliphatic rings. The third-order valence-corrected chi connectivity index (χ3v) is 8.35. The summed E-state index contributed by atoms with van der Waals surface area (Å²) in [5.41, 5.74) is 0.664. The van der Waals surface area contributed by atoms with E-state index in [1.54, 1.807) is 38.1 Å². The molecule has 1 fully saturated rings. The van der Waals surface area contributed by atoms with Gasteiger partial charge in [0.2, 0.25) is 16.1 Å².